The van der Waals surface area contributed by atoms with Crippen molar-refractivity contribution in [3.05, 3.63) is 46.5 Å². The molecule has 0 amide bonds. The molecular weight excluding hydrogens is 260 g/mol. The monoisotopic (exact) mass is 278 g/mol. The summed E-state index contributed by atoms with van der Waals surface area (Å²) in [6.45, 7) is 7.88. The smallest absolute Gasteiger partial charge is 0.0837 e. The fraction of sp³-hybridized carbons (Fsp3) is 0.429. The quantitative estimate of drug-likeness (QED) is 0.914. The van der Waals surface area contributed by atoms with Crippen molar-refractivity contribution in [1.29, 1.82) is 0 Å². The molecule has 0 aromatic carbocycles. The van der Waals surface area contributed by atoms with Crippen LogP contribution in [0.5, 0.6) is 0 Å². The normalized spacial score (nSPS) is 12.6. The Labute approximate surface area is 118 Å². The average molecular weight is 279 g/mol. The molecule has 1 N–H and O–H groups in total. The van der Waals surface area contributed by atoms with Gasteiger partial charge >= 0.3 is 0 Å². The van der Waals surface area contributed by atoms with Crippen molar-refractivity contribution in [3.8, 4) is 0 Å². The largest absolute Gasteiger partial charge is 0.305 e. The van der Waals surface area contributed by atoms with Crippen LogP contribution in [0.1, 0.15) is 36.7 Å². The van der Waals surface area contributed by atoms with Gasteiger partial charge in [0, 0.05) is 18.9 Å². The number of hydrogen-bond acceptors (Lipinski definition) is 3. The third kappa shape index (κ3) is 2.80. The van der Waals surface area contributed by atoms with Crippen molar-refractivity contribution < 1.29 is 0 Å². The van der Waals surface area contributed by atoms with E-state index < -0.39 is 0 Å². The summed E-state index contributed by atoms with van der Waals surface area (Å²) in [5, 5.41) is 8.48. The number of rotatable bonds is 5. The highest BCUT2D eigenvalue weighted by atomic mass is 35.5. The first-order valence-corrected chi connectivity index (χ1v) is 6.91. The van der Waals surface area contributed by atoms with E-state index in [9.17, 15) is 0 Å². The fourth-order valence-electron chi connectivity index (χ4n) is 2.25. The molecule has 4 nitrogen and oxygen atoms in total. The van der Waals surface area contributed by atoms with Gasteiger partial charge in [0.05, 0.1) is 23.0 Å². The molecule has 0 aliphatic rings. The van der Waals surface area contributed by atoms with Gasteiger partial charge in [-0.25, -0.2) is 0 Å². The van der Waals surface area contributed by atoms with Gasteiger partial charge in [-0.15, -0.1) is 0 Å². The summed E-state index contributed by atoms with van der Waals surface area (Å²) in [4.78, 5) is 4.23. The molecule has 0 aliphatic carbocycles. The summed E-state index contributed by atoms with van der Waals surface area (Å²) < 4.78 is 1.93. The second-order valence-corrected chi connectivity index (χ2v) is 4.82. The third-order valence-electron chi connectivity index (χ3n) is 3.21. The number of halogens is 1. The van der Waals surface area contributed by atoms with Crippen LogP contribution in [0.15, 0.2) is 24.7 Å². The van der Waals surface area contributed by atoms with Crippen LogP contribution in [-0.2, 0) is 6.54 Å². The molecule has 19 heavy (non-hydrogen) atoms. The molecule has 0 fully saturated rings. The van der Waals surface area contributed by atoms with E-state index in [1.54, 1.807) is 12.4 Å². The number of pyridine rings is 1. The summed E-state index contributed by atoms with van der Waals surface area (Å²) in [7, 11) is 0. The summed E-state index contributed by atoms with van der Waals surface area (Å²) in [6, 6.07) is 2.04. The topological polar surface area (TPSA) is 42.7 Å². The SMILES string of the molecule is CCNC(c1cnccc1C)c1c(Cl)cnn1CC. The third-order valence-corrected chi connectivity index (χ3v) is 3.50. The number of aryl methyl sites for hydroxylation is 2. The molecule has 0 saturated heterocycles. The Hall–Kier alpha value is -1.39. The van der Waals surface area contributed by atoms with E-state index >= 15 is 0 Å². The van der Waals surface area contributed by atoms with Crippen LogP contribution in [0.25, 0.3) is 0 Å². The van der Waals surface area contributed by atoms with E-state index in [-0.39, 0.29) is 6.04 Å². The zero-order valence-electron chi connectivity index (χ0n) is 11.5. The van der Waals surface area contributed by atoms with E-state index in [0.717, 1.165) is 24.3 Å². The van der Waals surface area contributed by atoms with E-state index in [2.05, 4.69) is 36.2 Å². The van der Waals surface area contributed by atoms with Crippen molar-refractivity contribution in [2.24, 2.45) is 0 Å². The molecule has 0 bridgehead atoms. The molecule has 102 valence electrons. The summed E-state index contributed by atoms with van der Waals surface area (Å²) >= 11 is 6.31. The van der Waals surface area contributed by atoms with E-state index in [0.29, 0.717) is 5.02 Å². The number of hydrogen-bond donors (Lipinski definition) is 1. The molecule has 0 aliphatic heterocycles. The van der Waals surface area contributed by atoms with E-state index in [4.69, 9.17) is 11.6 Å². The van der Waals surface area contributed by atoms with Gasteiger partial charge in [-0.2, -0.15) is 5.10 Å². The van der Waals surface area contributed by atoms with Gasteiger partial charge in [0.25, 0.3) is 0 Å². The Morgan fingerprint density at radius 3 is 2.79 bits per heavy atom. The highest BCUT2D eigenvalue weighted by Gasteiger charge is 2.22. The van der Waals surface area contributed by atoms with Crippen molar-refractivity contribution >= 4 is 11.6 Å². The van der Waals surface area contributed by atoms with Crippen LogP contribution >= 0.6 is 11.6 Å². The standard InChI is InChI=1S/C14H19ClN4/c1-4-17-13(11-8-16-7-6-10(11)3)14-12(15)9-18-19(14)5-2/h6-9,13,17H,4-5H2,1-3H3. The Morgan fingerprint density at radius 1 is 1.37 bits per heavy atom. The van der Waals surface area contributed by atoms with Crippen LogP contribution in [0.4, 0.5) is 0 Å². The van der Waals surface area contributed by atoms with Gasteiger partial charge in [-0.1, -0.05) is 18.5 Å². The van der Waals surface area contributed by atoms with Crippen molar-refractivity contribution in [3.63, 3.8) is 0 Å². The lowest BCUT2D eigenvalue weighted by atomic mass is 10.0. The van der Waals surface area contributed by atoms with Crippen LogP contribution in [0, 0.1) is 6.92 Å². The highest BCUT2D eigenvalue weighted by molar-refractivity contribution is 6.31. The second-order valence-electron chi connectivity index (χ2n) is 4.42. The molecule has 2 aromatic heterocycles. The fourth-order valence-corrected chi connectivity index (χ4v) is 2.50. The predicted octanol–water partition coefficient (Wildman–Crippen LogP) is 2.96. The Kier molecular flexibility index (Phi) is 4.56. The number of nitrogens with zero attached hydrogens (tertiary/aromatic N) is 3. The molecule has 2 heterocycles. The number of nitrogens with one attached hydrogen (secondary N) is 1. The predicted molar refractivity (Wildman–Crippen MR) is 77.4 cm³/mol. The molecule has 0 radical (unpaired) electrons. The van der Waals surface area contributed by atoms with Crippen LogP contribution < -0.4 is 5.32 Å². The summed E-state index contributed by atoms with van der Waals surface area (Å²) in [5.74, 6) is 0. The Balaban J connectivity index is 2.51. The summed E-state index contributed by atoms with van der Waals surface area (Å²) in [5.41, 5.74) is 3.34. The lowest BCUT2D eigenvalue weighted by molar-refractivity contribution is 0.540. The lowest BCUT2D eigenvalue weighted by Crippen LogP contribution is -2.26. The van der Waals surface area contributed by atoms with Gasteiger partial charge in [-0.3, -0.25) is 9.67 Å². The lowest BCUT2D eigenvalue weighted by Gasteiger charge is -2.21. The van der Waals surface area contributed by atoms with Gasteiger partial charge in [0.1, 0.15) is 0 Å². The highest BCUT2D eigenvalue weighted by Crippen LogP contribution is 2.29. The van der Waals surface area contributed by atoms with E-state index in [1.807, 2.05) is 16.9 Å². The maximum absolute atomic E-state index is 6.31. The van der Waals surface area contributed by atoms with Crippen molar-refractivity contribution in [2.75, 3.05) is 6.54 Å². The van der Waals surface area contributed by atoms with Crippen LogP contribution in [0.2, 0.25) is 5.02 Å². The molecule has 2 rings (SSSR count). The van der Waals surface area contributed by atoms with Crippen LogP contribution in [0.3, 0.4) is 0 Å². The Bertz CT molecular complexity index is 550. The first kappa shape index (κ1) is 14.0. The van der Waals surface area contributed by atoms with Gasteiger partial charge in [0.15, 0.2) is 0 Å². The van der Waals surface area contributed by atoms with Crippen LogP contribution in [-0.4, -0.2) is 21.3 Å². The Morgan fingerprint density at radius 2 is 2.16 bits per heavy atom. The molecule has 1 atom stereocenters. The molecule has 2 aromatic rings. The van der Waals surface area contributed by atoms with Gasteiger partial charge in [0.2, 0.25) is 0 Å². The minimum absolute atomic E-state index is 0.0219. The minimum Gasteiger partial charge on any atom is -0.305 e. The van der Waals surface area contributed by atoms with Crippen molar-refractivity contribution in [2.45, 2.75) is 33.4 Å². The maximum Gasteiger partial charge on any atom is 0.0837 e. The molecule has 0 spiro atoms. The molecule has 0 saturated carbocycles. The van der Waals surface area contributed by atoms with E-state index in [1.165, 1.54) is 5.56 Å². The average Bonchev–Trinajstić information content (AvgIpc) is 2.78. The first-order chi connectivity index (χ1) is 9.19. The zero-order chi connectivity index (χ0) is 13.8. The molecular formula is C14H19ClN4. The first-order valence-electron chi connectivity index (χ1n) is 6.54. The molecule has 5 heteroatoms. The molecule has 1 unspecified atom stereocenters. The second kappa shape index (κ2) is 6.17. The number of aromatic nitrogens is 3. The summed E-state index contributed by atoms with van der Waals surface area (Å²) in [6.07, 6.45) is 5.41. The van der Waals surface area contributed by atoms with Crippen molar-refractivity contribution in [1.82, 2.24) is 20.1 Å². The van der Waals surface area contributed by atoms with Gasteiger partial charge < -0.3 is 5.32 Å². The minimum atomic E-state index is 0.0219. The maximum atomic E-state index is 6.31. The van der Waals surface area contributed by atoms with Gasteiger partial charge in [-0.05, 0) is 37.6 Å². The zero-order valence-corrected chi connectivity index (χ0v) is 12.3.